The third kappa shape index (κ3) is 3.25. The van der Waals surface area contributed by atoms with Gasteiger partial charge in [0.2, 0.25) is 11.8 Å². The molecule has 1 aromatic carbocycles. The van der Waals surface area contributed by atoms with Crippen molar-refractivity contribution in [2.45, 2.75) is 6.42 Å². The van der Waals surface area contributed by atoms with Gasteiger partial charge in [0.25, 0.3) is 0 Å². The fourth-order valence-electron chi connectivity index (χ4n) is 1.08. The molecule has 0 saturated carbocycles. The number of halogens is 1. The lowest BCUT2D eigenvalue weighted by Crippen LogP contribution is -2.30. The maximum atomic E-state index is 11.4. The standard InChI is InChI=1S/C10H11ClN2O2/c1-13(10(15)6-9(12)14)8-4-2-7(11)3-5-8/h2-5H,6H2,1H3,(H2,12,14). The van der Waals surface area contributed by atoms with E-state index in [-0.39, 0.29) is 12.3 Å². The molecule has 0 radical (unpaired) electrons. The van der Waals surface area contributed by atoms with Gasteiger partial charge in [-0.2, -0.15) is 0 Å². The van der Waals surface area contributed by atoms with Crippen LogP contribution in [0, 0.1) is 0 Å². The molecule has 0 saturated heterocycles. The van der Waals surface area contributed by atoms with E-state index >= 15 is 0 Å². The van der Waals surface area contributed by atoms with Crippen molar-refractivity contribution in [2.24, 2.45) is 5.73 Å². The van der Waals surface area contributed by atoms with E-state index in [0.717, 1.165) is 0 Å². The number of hydrogen-bond donors (Lipinski definition) is 1. The molecule has 15 heavy (non-hydrogen) atoms. The Morgan fingerprint density at radius 2 is 1.87 bits per heavy atom. The van der Waals surface area contributed by atoms with E-state index in [9.17, 15) is 9.59 Å². The van der Waals surface area contributed by atoms with Crippen molar-refractivity contribution in [3.05, 3.63) is 29.3 Å². The molecule has 0 aliphatic heterocycles. The second kappa shape index (κ2) is 4.79. The van der Waals surface area contributed by atoms with E-state index in [1.54, 1.807) is 31.3 Å². The monoisotopic (exact) mass is 226 g/mol. The number of hydrogen-bond acceptors (Lipinski definition) is 2. The van der Waals surface area contributed by atoms with Gasteiger partial charge < -0.3 is 10.6 Å². The van der Waals surface area contributed by atoms with Gasteiger partial charge in [-0.3, -0.25) is 9.59 Å². The molecule has 2 N–H and O–H groups in total. The van der Waals surface area contributed by atoms with Crippen LogP contribution in [-0.4, -0.2) is 18.9 Å². The predicted molar refractivity (Wildman–Crippen MR) is 58.7 cm³/mol. The number of amides is 2. The lowest BCUT2D eigenvalue weighted by Gasteiger charge is -2.16. The van der Waals surface area contributed by atoms with Gasteiger partial charge in [-0.05, 0) is 24.3 Å². The Hall–Kier alpha value is -1.55. The first kappa shape index (κ1) is 11.5. The highest BCUT2D eigenvalue weighted by Crippen LogP contribution is 2.17. The molecule has 1 aromatic rings. The number of benzene rings is 1. The van der Waals surface area contributed by atoms with Gasteiger partial charge in [0.05, 0.1) is 0 Å². The van der Waals surface area contributed by atoms with Crippen LogP contribution < -0.4 is 10.6 Å². The zero-order chi connectivity index (χ0) is 11.4. The van der Waals surface area contributed by atoms with Crippen LogP contribution in [0.1, 0.15) is 6.42 Å². The number of anilines is 1. The van der Waals surface area contributed by atoms with Gasteiger partial charge in [0.1, 0.15) is 6.42 Å². The van der Waals surface area contributed by atoms with Crippen LogP contribution >= 0.6 is 11.6 Å². The van der Waals surface area contributed by atoms with E-state index in [1.165, 1.54) is 4.90 Å². The molecule has 0 aliphatic carbocycles. The summed E-state index contributed by atoms with van der Waals surface area (Å²) in [6.07, 6.45) is -0.293. The molecular weight excluding hydrogens is 216 g/mol. The molecule has 0 unspecified atom stereocenters. The Labute approximate surface area is 92.6 Å². The smallest absolute Gasteiger partial charge is 0.236 e. The van der Waals surface area contributed by atoms with Gasteiger partial charge in [-0.15, -0.1) is 0 Å². The second-order valence-corrected chi connectivity index (χ2v) is 3.51. The third-order valence-corrected chi connectivity index (χ3v) is 2.17. The minimum Gasteiger partial charge on any atom is -0.369 e. The van der Waals surface area contributed by atoms with Crippen molar-refractivity contribution < 1.29 is 9.59 Å². The zero-order valence-electron chi connectivity index (χ0n) is 8.24. The number of carbonyl (C=O) groups is 2. The summed E-state index contributed by atoms with van der Waals surface area (Å²) in [6.45, 7) is 0. The van der Waals surface area contributed by atoms with Crippen LogP contribution in [0.3, 0.4) is 0 Å². The molecule has 4 nitrogen and oxygen atoms in total. The molecule has 1 rings (SSSR count). The fourth-order valence-corrected chi connectivity index (χ4v) is 1.20. The Balaban J connectivity index is 2.76. The number of nitrogens with zero attached hydrogens (tertiary/aromatic N) is 1. The average molecular weight is 227 g/mol. The lowest BCUT2D eigenvalue weighted by atomic mass is 10.2. The van der Waals surface area contributed by atoms with Gasteiger partial charge >= 0.3 is 0 Å². The van der Waals surface area contributed by atoms with Crippen LogP contribution in [-0.2, 0) is 9.59 Å². The third-order valence-electron chi connectivity index (χ3n) is 1.91. The minimum atomic E-state index is -0.638. The van der Waals surface area contributed by atoms with Crippen molar-refractivity contribution >= 4 is 29.1 Å². The second-order valence-electron chi connectivity index (χ2n) is 3.07. The molecule has 0 atom stereocenters. The van der Waals surface area contributed by atoms with Crippen molar-refractivity contribution in [3.8, 4) is 0 Å². The van der Waals surface area contributed by atoms with E-state index in [1.807, 2.05) is 0 Å². The van der Waals surface area contributed by atoms with Crippen molar-refractivity contribution in [1.82, 2.24) is 0 Å². The van der Waals surface area contributed by atoms with Crippen molar-refractivity contribution in [1.29, 1.82) is 0 Å². The largest absolute Gasteiger partial charge is 0.369 e. The van der Waals surface area contributed by atoms with Crippen LogP contribution in [0.5, 0.6) is 0 Å². The maximum Gasteiger partial charge on any atom is 0.236 e. The summed E-state index contributed by atoms with van der Waals surface area (Å²) in [4.78, 5) is 23.3. The summed E-state index contributed by atoms with van der Waals surface area (Å²) in [5.74, 6) is -0.981. The van der Waals surface area contributed by atoms with Crippen LogP contribution in [0.15, 0.2) is 24.3 Å². The maximum absolute atomic E-state index is 11.4. The van der Waals surface area contributed by atoms with E-state index < -0.39 is 5.91 Å². The van der Waals surface area contributed by atoms with E-state index in [0.29, 0.717) is 10.7 Å². The first-order valence-corrected chi connectivity index (χ1v) is 4.69. The molecule has 0 heterocycles. The van der Waals surface area contributed by atoms with Crippen molar-refractivity contribution in [2.75, 3.05) is 11.9 Å². The normalized spacial score (nSPS) is 9.73. The summed E-state index contributed by atoms with van der Waals surface area (Å²) in [6, 6.07) is 6.73. The van der Waals surface area contributed by atoms with Crippen LogP contribution in [0.25, 0.3) is 0 Å². The predicted octanol–water partition coefficient (Wildman–Crippen LogP) is 1.18. The molecule has 0 spiro atoms. The van der Waals surface area contributed by atoms with Gasteiger partial charge in [0.15, 0.2) is 0 Å². The minimum absolute atomic E-state index is 0.293. The first-order chi connectivity index (χ1) is 7.00. The fraction of sp³-hybridized carbons (Fsp3) is 0.200. The molecule has 2 amide bonds. The summed E-state index contributed by atoms with van der Waals surface area (Å²) >= 11 is 5.70. The Bertz CT molecular complexity index is 376. The molecule has 80 valence electrons. The molecule has 0 bridgehead atoms. The number of carbonyl (C=O) groups excluding carboxylic acids is 2. The topological polar surface area (TPSA) is 63.4 Å². The SMILES string of the molecule is CN(C(=O)CC(N)=O)c1ccc(Cl)cc1. The molecule has 0 fully saturated rings. The number of rotatable bonds is 3. The van der Waals surface area contributed by atoms with E-state index in [2.05, 4.69) is 0 Å². The Morgan fingerprint density at radius 1 is 1.33 bits per heavy atom. The first-order valence-electron chi connectivity index (χ1n) is 4.31. The highest BCUT2D eigenvalue weighted by Gasteiger charge is 2.12. The molecule has 5 heteroatoms. The highest BCUT2D eigenvalue weighted by molar-refractivity contribution is 6.30. The summed E-state index contributed by atoms with van der Waals surface area (Å²) < 4.78 is 0. The lowest BCUT2D eigenvalue weighted by molar-refractivity contribution is -0.125. The quantitative estimate of drug-likeness (QED) is 0.787. The number of nitrogens with two attached hydrogens (primary N) is 1. The van der Waals surface area contributed by atoms with Gasteiger partial charge in [0, 0.05) is 17.8 Å². The highest BCUT2D eigenvalue weighted by atomic mass is 35.5. The van der Waals surface area contributed by atoms with Crippen LogP contribution in [0.2, 0.25) is 5.02 Å². The van der Waals surface area contributed by atoms with Gasteiger partial charge in [-0.1, -0.05) is 11.6 Å². The zero-order valence-corrected chi connectivity index (χ0v) is 8.99. The van der Waals surface area contributed by atoms with Crippen molar-refractivity contribution in [3.63, 3.8) is 0 Å². The number of primary amides is 1. The molecular formula is C10H11ClN2O2. The average Bonchev–Trinajstić information content (AvgIpc) is 2.17. The van der Waals surface area contributed by atoms with E-state index in [4.69, 9.17) is 17.3 Å². The Morgan fingerprint density at radius 3 is 2.33 bits per heavy atom. The molecule has 0 aliphatic rings. The summed E-state index contributed by atoms with van der Waals surface area (Å²) in [5.41, 5.74) is 5.60. The summed E-state index contributed by atoms with van der Waals surface area (Å²) in [5, 5.41) is 0.592. The summed E-state index contributed by atoms with van der Waals surface area (Å²) in [7, 11) is 1.58. The van der Waals surface area contributed by atoms with Gasteiger partial charge in [-0.25, -0.2) is 0 Å². The van der Waals surface area contributed by atoms with Crippen LogP contribution in [0.4, 0.5) is 5.69 Å². The molecule has 0 aromatic heterocycles. The Kier molecular flexibility index (Phi) is 3.68.